The summed E-state index contributed by atoms with van der Waals surface area (Å²) < 4.78 is 0. The van der Waals surface area contributed by atoms with Crippen LogP contribution >= 0.6 is 11.3 Å². The Bertz CT molecular complexity index is 312. The highest BCUT2D eigenvalue weighted by molar-refractivity contribution is 7.07. The average molecular weight is 215 g/mol. The number of urea groups is 1. The summed E-state index contributed by atoms with van der Waals surface area (Å²) in [7, 11) is 0. The molecule has 0 saturated carbocycles. The van der Waals surface area contributed by atoms with Crippen LogP contribution < -0.4 is 10.6 Å². The number of rotatable bonds is 4. The van der Waals surface area contributed by atoms with Gasteiger partial charge in [0.05, 0.1) is 17.7 Å². The van der Waals surface area contributed by atoms with E-state index in [9.17, 15) is 9.59 Å². The Balaban J connectivity index is 2.18. The Labute approximate surface area is 84.0 Å². The smallest absolute Gasteiger partial charge is 0.323 e. The first kappa shape index (κ1) is 10.5. The third-order valence-electron chi connectivity index (χ3n) is 1.31. The number of thiazole rings is 1. The fraction of sp³-hybridized carbons (Fsp3) is 0.286. The second-order valence-electron chi connectivity index (χ2n) is 2.41. The maximum atomic E-state index is 10.9. The Morgan fingerprint density at radius 1 is 1.50 bits per heavy atom. The van der Waals surface area contributed by atoms with Crippen molar-refractivity contribution >= 4 is 23.3 Å². The lowest BCUT2D eigenvalue weighted by Crippen LogP contribution is -2.38. The first-order chi connectivity index (χ1) is 6.68. The number of carboxylic acids is 1. The van der Waals surface area contributed by atoms with Gasteiger partial charge in [-0.25, -0.2) is 9.78 Å². The molecule has 6 nitrogen and oxygen atoms in total. The van der Waals surface area contributed by atoms with Crippen molar-refractivity contribution in [2.24, 2.45) is 0 Å². The van der Waals surface area contributed by atoms with Gasteiger partial charge in [0.25, 0.3) is 0 Å². The van der Waals surface area contributed by atoms with Crippen LogP contribution in [-0.4, -0.2) is 28.6 Å². The van der Waals surface area contributed by atoms with Crippen molar-refractivity contribution in [3.05, 3.63) is 16.6 Å². The number of nitrogens with one attached hydrogen (secondary N) is 2. The van der Waals surface area contributed by atoms with Crippen molar-refractivity contribution in [2.45, 2.75) is 6.54 Å². The zero-order valence-electron chi connectivity index (χ0n) is 7.19. The second-order valence-corrected chi connectivity index (χ2v) is 3.13. The molecule has 14 heavy (non-hydrogen) atoms. The van der Waals surface area contributed by atoms with Crippen molar-refractivity contribution in [2.75, 3.05) is 6.54 Å². The van der Waals surface area contributed by atoms with E-state index in [0.29, 0.717) is 6.54 Å². The number of hydrogen-bond donors (Lipinski definition) is 3. The highest BCUT2D eigenvalue weighted by atomic mass is 32.1. The highest BCUT2D eigenvalue weighted by Crippen LogP contribution is 1.99. The van der Waals surface area contributed by atoms with E-state index < -0.39 is 12.0 Å². The molecule has 1 aromatic rings. The van der Waals surface area contributed by atoms with Crippen molar-refractivity contribution < 1.29 is 14.7 Å². The van der Waals surface area contributed by atoms with Gasteiger partial charge in [-0.1, -0.05) is 0 Å². The maximum Gasteiger partial charge on any atom is 0.323 e. The molecule has 0 saturated heterocycles. The molecule has 1 aromatic heterocycles. The van der Waals surface area contributed by atoms with Gasteiger partial charge in [0.1, 0.15) is 6.54 Å². The first-order valence-electron chi connectivity index (χ1n) is 3.79. The Kier molecular flexibility index (Phi) is 3.86. The predicted molar refractivity (Wildman–Crippen MR) is 50.0 cm³/mol. The molecule has 0 bridgehead atoms. The van der Waals surface area contributed by atoms with Crippen LogP contribution in [0.2, 0.25) is 0 Å². The molecule has 2 amide bonds. The second kappa shape index (κ2) is 5.18. The lowest BCUT2D eigenvalue weighted by Gasteiger charge is -2.03. The van der Waals surface area contributed by atoms with E-state index in [1.807, 2.05) is 0 Å². The van der Waals surface area contributed by atoms with Crippen LogP contribution in [0.5, 0.6) is 0 Å². The molecule has 0 aliphatic carbocycles. The highest BCUT2D eigenvalue weighted by Gasteiger charge is 2.02. The van der Waals surface area contributed by atoms with Crippen LogP contribution in [0.4, 0.5) is 4.79 Å². The summed E-state index contributed by atoms with van der Waals surface area (Å²) >= 11 is 1.43. The molecule has 76 valence electrons. The minimum Gasteiger partial charge on any atom is -0.480 e. The summed E-state index contributed by atoms with van der Waals surface area (Å²) in [6.07, 6.45) is 0. The summed E-state index contributed by atoms with van der Waals surface area (Å²) in [5.41, 5.74) is 2.41. The van der Waals surface area contributed by atoms with E-state index in [2.05, 4.69) is 15.6 Å². The summed E-state index contributed by atoms with van der Waals surface area (Å²) in [5, 5.41) is 14.7. The minimum absolute atomic E-state index is 0.301. The van der Waals surface area contributed by atoms with Gasteiger partial charge in [-0.3, -0.25) is 4.79 Å². The van der Waals surface area contributed by atoms with E-state index in [1.54, 1.807) is 10.9 Å². The fourth-order valence-electron chi connectivity index (χ4n) is 0.714. The minimum atomic E-state index is -1.08. The monoisotopic (exact) mass is 215 g/mol. The van der Waals surface area contributed by atoms with Crippen molar-refractivity contribution in [1.82, 2.24) is 15.6 Å². The Morgan fingerprint density at radius 3 is 2.86 bits per heavy atom. The molecule has 0 aromatic carbocycles. The molecule has 0 atom stereocenters. The average Bonchev–Trinajstić information content (AvgIpc) is 2.63. The van der Waals surface area contributed by atoms with E-state index in [-0.39, 0.29) is 6.54 Å². The van der Waals surface area contributed by atoms with E-state index >= 15 is 0 Å². The van der Waals surface area contributed by atoms with Crippen molar-refractivity contribution in [3.63, 3.8) is 0 Å². The van der Waals surface area contributed by atoms with Crippen LogP contribution in [0.25, 0.3) is 0 Å². The van der Waals surface area contributed by atoms with Crippen molar-refractivity contribution in [1.29, 1.82) is 0 Å². The largest absolute Gasteiger partial charge is 0.480 e. The molecule has 1 heterocycles. The van der Waals surface area contributed by atoms with Crippen LogP contribution in [0.1, 0.15) is 5.69 Å². The van der Waals surface area contributed by atoms with Gasteiger partial charge in [0, 0.05) is 5.38 Å². The standard InChI is InChI=1S/C7H9N3O3S/c11-6(12)2-9-7(13)8-1-5-3-14-4-10-5/h3-4H,1-2H2,(H,11,12)(H2,8,9,13). The molecule has 1 rings (SSSR count). The fourth-order valence-corrected chi connectivity index (χ4v) is 1.27. The number of hydrogen-bond acceptors (Lipinski definition) is 4. The van der Waals surface area contributed by atoms with Crippen molar-refractivity contribution in [3.8, 4) is 0 Å². The molecule has 0 aliphatic rings. The predicted octanol–water partition coefficient (Wildman–Crippen LogP) is 0.0269. The third-order valence-corrected chi connectivity index (χ3v) is 1.95. The summed E-state index contributed by atoms with van der Waals surface area (Å²) in [6, 6.07) is -0.514. The van der Waals surface area contributed by atoms with Gasteiger partial charge in [0.15, 0.2) is 0 Å². The van der Waals surface area contributed by atoms with E-state index in [0.717, 1.165) is 5.69 Å². The van der Waals surface area contributed by atoms with Crippen LogP contribution in [-0.2, 0) is 11.3 Å². The number of amides is 2. The van der Waals surface area contributed by atoms with E-state index in [1.165, 1.54) is 11.3 Å². The molecule has 3 N–H and O–H groups in total. The number of carboxylic acid groups (broad SMARTS) is 1. The normalized spacial score (nSPS) is 9.43. The summed E-state index contributed by atoms with van der Waals surface area (Å²) in [4.78, 5) is 25.0. The lowest BCUT2D eigenvalue weighted by atomic mass is 10.5. The molecule has 0 radical (unpaired) electrons. The van der Waals surface area contributed by atoms with Crippen LogP contribution in [0.3, 0.4) is 0 Å². The van der Waals surface area contributed by atoms with Gasteiger partial charge in [-0.2, -0.15) is 0 Å². The molecule has 0 fully saturated rings. The number of nitrogens with zero attached hydrogens (tertiary/aromatic N) is 1. The molecule has 7 heteroatoms. The SMILES string of the molecule is O=C(O)CNC(=O)NCc1cscn1. The van der Waals surface area contributed by atoms with Gasteiger partial charge >= 0.3 is 12.0 Å². The number of carbonyl (C=O) groups excluding carboxylic acids is 1. The van der Waals surface area contributed by atoms with Crippen LogP contribution in [0.15, 0.2) is 10.9 Å². The molecule has 0 unspecified atom stereocenters. The Morgan fingerprint density at radius 2 is 2.29 bits per heavy atom. The first-order valence-corrected chi connectivity index (χ1v) is 4.73. The maximum absolute atomic E-state index is 10.9. The number of carbonyl (C=O) groups is 2. The summed E-state index contributed by atoms with van der Waals surface area (Å²) in [5.74, 6) is -1.08. The van der Waals surface area contributed by atoms with Gasteiger partial charge in [-0.05, 0) is 0 Å². The summed E-state index contributed by atoms with van der Waals surface area (Å²) in [6.45, 7) is -0.0855. The van der Waals surface area contributed by atoms with E-state index in [4.69, 9.17) is 5.11 Å². The topological polar surface area (TPSA) is 91.3 Å². The zero-order valence-corrected chi connectivity index (χ0v) is 8.00. The Hall–Kier alpha value is -1.63. The number of aliphatic carboxylic acids is 1. The van der Waals surface area contributed by atoms with Gasteiger partial charge in [0.2, 0.25) is 0 Å². The molecule has 0 aliphatic heterocycles. The molecule has 0 spiro atoms. The molecular weight excluding hydrogens is 206 g/mol. The lowest BCUT2D eigenvalue weighted by molar-refractivity contribution is -0.135. The molecular formula is C7H9N3O3S. The van der Waals surface area contributed by atoms with Crippen LogP contribution in [0, 0.1) is 0 Å². The third kappa shape index (κ3) is 3.85. The zero-order chi connectivity index (χ0) is 10.4. The number of aromatic nitrogens is 1. The van der Waals surface area contributed by atoms with Gasteiger partial charge < -0.3 is 15.7 Å². The quantitative estimate of drug-likeness (QED) is 0.660. The van der Waals surface area contributed by atoms with Gasteiger partial charge in [-0.15, -0.1) is 11.3 Å².